The second-order valence-corrected chi connectivity index (χ2v) is 5.52. The molecular formula is C9H11F3N2O2S. The summed E-state index contributed by atoms with van der Waals surface area (Å²) in [6, 6.07) is 2.53. The molecule has 0 atom stereocenters. The number of rotatable bonds is 2. The van der Waals surface area contributed by atoms with E-state index in [-0.39, 0.29) is 11.4 Å². The van der Waals surface area contributed by atoms with Crippen molar-refractivity contribution in [3.05, 3.63) is 23.8 Å². The predicted molar refractivity (Wildman–Crippen MR) is 59.1 cm³/mol. The molecule has 0 aliphatic rings. The molecule has 0 spiro atoms. The lowest BCUT2D eigenvalue weighted by Crippen LogP contribution is -2.26. The lowest BCUT2D eigenvalue weighted by atomic mass is 10.1. The molecule has 0 heterocycles. The second-order valence-electron chi connectivity index (χ2n) is 3.50. The molecule has 17 heavy (non-hydrogen) atoms. The molecule has 8 heteroatoms. The van der Waals surface area contributed by atoms with Crippen molar-refractivity contribution in [2.45, 2.75) is 6.18 Å². The van der Waals surface area contributed by atoms with Crippen LogP contribution in [0, 0.1) is 0 Å². The van der Waals surface area contributed by atoms with E-state index in [2.05, 4.69) is 0 Å². The van der Waals surface area contributed by atoms with Gasteiger partial charge in [0.25, 0.3) is 0 Å². The van der Waals surface area contributed by atoms with Crippen molar-refractivity contribution in [3.8, 4) is 0 Å². The Bertz CT molecular complexity index is 526. The Morgan fingerprint density at radius 1 is 1.29 bits per heavy atom. The smallest absolute Gasteiger partial charge is 0.397 e. The first-order valence-electron chi connectivity index (χ1n) is 4.44. The Morgan fingerprint density at radius 2 is 1.82 bits per heavy atom. The highest BCUT2D eigenvalue weighted by molar-refractivity contribution is 7.92. The molecule has 96 valence electrons. The normalized spacial score (nSPS) is 12.5. The van der Waals surface area contributed by atoms with Crippen LogP contribution in [0.2, 0.25) is 0 Å². The van der Waals surface area contributed by atoms with Gasteiger partial charge in [-0.2, -0.15) is 13.2 Å². The van der Waals surface area contributed by atoms with Gasteiger partial charge in [0.1, 0.15) is 0 Å². The lowest BCUT2D eigenvalue weighted by molar-refractivity contribution is -0.137. The van der Waals surface area contributed by atoms with E-state index in [1.54, 1.807) is 0 Å². The Hall–Kier alpha value is -1.44. The van der Waals surface area contributed by atoms with E-state index in [1.165, 1.54) is 0 Å². The van der Waals surface area contributed by atoms with Gasteiger partial charge >= 0.3 is 6.18 Å². The zero-order valence-electron chi connectivity index (χ0n) is 9.12. The summed E-state index contributed by atoms with van der Waals surface area (Å²) in [5.74, 6) is 0. The number of hydrogen-bond donors (Lipinski definition) is 1. The molecule has 0 bridgehead atoms. The number of hydrogen-bond acceptors (Lipinski definition) is 3. The maximum atomic E-state index is 12.5. The molecule has 0 saturated heterocycles. The molecule has 0 aliphatic carbocycles. The van der Waals surface area contributed by atoms with Crippen LogP contribution in [0.1, 0.15) is 5.56 Å². The predicted octanol–water partition coefficient (Wildman–Crippen LogP) is 1.68. The van der Waals surface area contributed by atoms with Crippen LogP contribution in [0.25, 0.3) is 0 Å². The Kier molecular flexibility index (Phi) is 3.28. The first-order valence-corrected chi connectivity index (χ1v) is 6.29. The van der Waals surface area contributed by atoms with Gasteiger partial charge in [0.2, 0.25) is 10.0 Å². The summed E-state index contributed by atoms with van der Waals surface area (Å²) in [7, 11) is -2.51. The number of halogens is 3. The number of alkyl halides is 3. The molecule has 1 aromatic rings. The monoisotopic (exact) mass is 268 g/mol. The largest absolute Gasteiger partial charge is 0.416 e. The number of nitrogens with two attached hydrogens (primary N) is 1. The van der Waals surface area contributed by atoms with Gasteiger partial charge in [-0.25, -0.2) is 8.42 Å². The van der Waals surface area contributed by atoms with Gasteiger partial charge in [-0.05, 0) is 18.2 Å². The van der Waals surface area contributed by atoms with Crippen LogP contribution in [-0.2, 0) is 16.2 Å². The third kappa shape index (κ3) is 3.02. The van der Waals surface area contributed by atoms with E-state index in [1.807, 2.05) is 0 Å². The lowest BCUT2D eigenvalue weighted by Gasteiger charge is -2.20. The molecule has 0 radical (unpaired) electrons. The van der Waals surface area contributed by atoms with Crippen molar-refractivity contribution in [1.82, 2.24) is 0 Å². The van der Waals surface area contributed by atoms with E-state index in [0.29, 0.717) is 10.4 Å². The van der Waals surface area contributed by atoms with E-state index in [4.69, 9.17) is 5.73 Å². The van der Waals surface area contributed by atoms with Crippen molar-refractivity contribution in [2.75, 3.05) is 23.3 Å². The van der Waals surface area contributed by atoms with Gasteiger partial charge in [0, 0.05) is 7.05 Å². The third-order valence-corrected chi connectivity index (χ3v) is 3.39. The van der Waals surface area contributed by atoms with Crippen LogP contribution in [0.4, 0.5) is 24.5 Å². The Morgan fingerprint density at radius 3 is 2.24 bits per heavy atom. The minimum Gasteiger partial charge on any atom is -0.397 e. The van der Waals surface area contributed by atoms with E-state index in [9.17, 15) is 21.6 Å². The molecule has 1 rings (SSSR count). The fraction of sp³-hybridized carbons (Fsp3) is 0.333. The number of benzene rings is 1. The van der Waals surface area contributed by atoms with Gasteiger partial charge in [-0.3, -0.25) is 4.31 Å². The number of nitrogens with zero attached hydrogens (tertiary/aromatic N) is 1. The van der Waals surface area contributed by atoms with E-state index in [0.717, 1.165) is 25.4 Å². The fourth-order valence-corrected chi connectivity index (χ4v) is 1.69. The molecule has 0 fully saturated rings. The summed E-state index contributed by atoms with van der Waals surface area (Å²) in [6.45, 7) is 0. The molecule has 4 nitrogen and oxygen atoms in total. The zero-order chi connectivity index (χ0) is 13.4. The van der Waals surface area contributed by atoms with Crippen molar-refractivity contribution in [1.29, 1.82) is 0 Å². The van der Waals surface area contributed by atoms with Crippen LogP contribution in [0.5, 0.6) is 0 Å². The van der Waals surface area contributed by atoms with Crippen LogP contribution in [-0.4, -0.2) is 21.7 Å². The summed E-state index contributed by atoms with van der Waals surface area (Å²) in [5.41, 5.74) is 4.28. The van der Waals surface area contributed by atoms with Crippen molar-refractivity contribution in [2.24, 2.45) is 0 Å². The number of anilines is 2. The van der Waals surface area contributed by atoms with Gasteiger partial charge < -0.3 is 5.73 Å². The van der Waals surface area contributed by atoms with E-state index >= 15 is 0 Å². The second kappa shape index (κ2) is 4.10. The standard InChI is InChI=1S/C9H11F3N2O2S/c1-14(17(2,15)16)8-5-6(9(10,11)12)3-4-7(8)13/h3-5H,13H2,1-2H3. The number of nitrogen functional groups attached to an aromatic ring is 1. The minimum atomic E-state index is -4.54. The minimum absolute atomic E-state index is 0.0362. The highest BCUT2D eigenvalue weighted by atomic mass is 32.2. The van der Waals surface area contributed by atoms with Gasteiger partial charge in [0.05, 0.1) is 23.2 Å². The Balaban J connectivity index is 3.35. The molecule has 0 aliphatic heterocycles. The Labute approximate surface area is 96.9 Å². The molecule has 0 unspecified atom stereocenters. The highest BCUT2D eigenvalue weighted by Gasteiger charge is 2.31. The van der Waals surface area contributed by atoms with Crippen LogP contribution in [0.3, 0.4) is 0 Å². The van der Waals surface area contributed by atoms with Crippen molar-refractivity contribution < 1.29 is 21.6 Å². The first-order chi connectivity index (χ1) is 7.53. The van der Waals surface area contributed by atoms with Crippen LogP contribution in [0.15, 0.2) is 18.2 Å². The molecule has 0 saturated carbocycles. The zero-order valence-corrected chi connectivity index (χ0v) is 9.93. The fourth-order valence-electron chi connectivity index (χ4n) is 1.17. The topological polar surface area (TPSA) is 63.4 Å². The van der Waals surface area contributed by atoms with Gasteiger partial charge in [-0.1, -0.05) is 0 Å². The van der Waals surface area contributed by atoms with Gasteiger partial charge in [0.15, 0.2) is 0 Å². The number of sulfonamides is 1. The molecule has 1 aromatic carbocycles. The molecule has 0 amide bonds. The van der Waals surface area contributed by atoms with E-state index < -0.39 is 21.8 Å². The highest BCUT2D eigenvalue weighted by Crippen LogP contribution is 2.34. The average Bonchev–Trinajstić information content (AvgIpc) is 2.14. The van der Waals surface area contributed by atoms with Crippen LogP contribution < -0.4 is 10.0 Å². The average molecular weight is 268 g/mol. The maximum Gasteiger partial charge on any atom is 0.416 e. The van der Waals surface area contributed by atoms with Crippen LogP contribution >= 0.6 is 0 Å². The SMILES string of the molecule is CN(c1cc(C(F)(F)F)ccc1N)S(C)(=O)=O. The summed E-state index contributed by atoms with van der Waals surface area (Å²) in [4.78, 5) is 0. The molecule has 2 N–H and O–H groups in total. The van der Waals surface area contributed by atoms with Crippen molar-refractivity contribution in [3.63, 3.8) is 0 Å². The summed E-state index contributed by atoms with van der Waals surface area (Å²) in [6.07, 6.45) is -3.66. The molecule has 0 aromatic heterocycles. The quantitative estimate of drug-likeness (QED) is 0.830. The van der Waals surface area contributed by atoms with Crippen molar-refractivity contribution >= 4 is 21.4 Å². The molecular weight excluding hydrogens is 257 g/mol. The summed E-state index contributed by atoms with van der Waals surface area (Å²) >= 11 is 0. The summed E-state index contributed by atoms with van der Waals surface area (Å²) < 4.78 is 60.5. The third-order valence-electron chi connectivity index (χ3n) is 2.19. The first kappa shape index (κ1) is 13.6. The summed E-state index contributed by atoms with van der Waals surface area (Å²) in [5, 5.41) is 0. The maximum absolute atomic E-state index is 12.5. The van der Waals surface area contributed by atoms with Gasteiger partial charge in [-0.15, -0.1) is 0 Å².